The van der Waals surface area contributed by atoms with Crippen molar-refractivity contribution in [1.82, 2.24) is 4.90 Å². The molecule has 0 atom stereocenters. The molecule has 1 saturated carbocycles. The highest BCUT2D eigenvalue weighted by Gasteiger charge is 2.53. The molecular formula is C22H29NO4. The molecule has 2 saturated heterocycles. The standard InChI is InChI=1S/C22H29NO4/c1-21(2,26)18-5-3-4-16(10-18)15-6-8-23(9-7-15)20(25)17-11-22(12-17)13-19(24)27-14-22/h3-5,10,15,17,26H,6-9,11-14H2,1-2H3. The Labute approximate surface area is 160 Å². The van der Waals surface area contributed by atoms with E-state index in [0.717, 1.165) is 44.3 Å². The molecular weight excluding hydrogens is 342 g/mol. The van der Waals surface area contributed by atoms with Crippen LogP contribution in [0.2, 0.25) is 0 Å². The van der Waals surface area contributed by atoms with E-state index in [9.17, 15) is 14.7 Å². The van der Waals surface area contributed by atoms with Crippen molar-refractivity contribution in [3.05, 3.63) is 35.4 Å². The monoisotopic (exact) mass is 371 g/mol. The second kappa shape index (κ2) is 6.62. The van der Waals surface area contributed by atoms with E-state index in [1.54, 1.807) is 0 Å². The van der Waals surface area contributed by atoms with Crippen molar-refractivity contribution in [1.29, 1.82) is 0 Å². The maximum Gasteiger partial charge on any atom is 0.306 e. The fourth-order valence-electron chi connectivity index (χ4n) is 4.93. The lowest BCUT2D eigenvalue weighted by Gasteiger charge is -2.45. The zero-order chi connectivity index (χ0) is 19.2. The third-order valence-electron chi connectivity index (χ3n) is 6.64. The van der Waals surface area contributed by atoms with Gasteiger partial charge in [0.05, 0.1) is 18.6 Å². The Morgan fingerprint density at radius 2 is 1.96 bits per heavy atom. The Kier molecular flexibility index (Phi) is 4.53. The molecule has 0 bridgehead atoms. The quantitative estimate of drug-likeness (QED) is 0.830. The van der Waals surface area contributed by atoms with Gasteiger partial charge in [-0.1, -0.05) is 24.3 Å². The summed E-state index contributed by atoms with van der Waals surface area (Å²) in [6.07, 6.45) is 3.99. The van der Waals surface area contributed by atoms with Crippen LogP contribution in [0.25, 0.3) is 0 Å². The fraction of sp³-hybridized carbons (Fsp3) is 0.636. The largest absolute Gasteiger partial charge is 0.465 e. The lowest BCUT2D eigenvalue weighted by Crippen LogP contribution is -2.49. The number of carbonyl (C=O) groups is 2. The molecule has 3 fully saturated rings. The number of carbonyl (C=O) groups excluding carboxylic acids is 2. The minimum atomic E-state index is -0.835. The van der Waals surface area contributed by atoms with Crippen molar-refractivity contribution in [2.24, 2.45) is 11.3 Å². The highest BCUT2D eigenvalue weighted by atomic mass is 16.5. The molecule has 27 heavy (non-hydrogen) atoms. The molecule has 1 aliphatic carbocycles. The molecule has 1 aromatic carbocycles. The van der Waals surface area contributed by atoms with Gasteiger partial charge < -0.3 is 14.7 Å². The van der Waals surface area contributed by atoms with Crippen molar-refractivity contribution >= 4 is 11.9 Å². The Bertz CT molecular complexity index is 737. The van der Waals surface area contributed by atoms with Gasteiger partial charge >= 0.3 is 5.97 Å². The molecule has 1 aromatic rings. The average Bonchev–Trinajstić information content (AvgIpc) is 3.02. The van der Waals surface area contributed by atoms with Gasteiger partial charge in [-0.2, -0.15) is 0 Å². The predicted octanol–water partition coefficient (Wildman–Crippen LogP) is 2.96. The summed E-state index contributed by atoms with van der Waals surface area (Å²) in [4.78, 5) is 26.2. The Hall–Kier alpha value is -1.88. The van der Waals surface area contributed by atoms with Gasteiger partial charge in [-0.3, -0.25) is 9.59 Å². The van der Waals surface area contributed by atoms with E-state index in [1.807, 2.05) is 30.9 Å². The van der Waals surface area contributed by atoms with Gasteiger partial charge in [-0.15, -0.1) is 0 Å². The van der Waals surface area contributed by atoms with Crippen LogP contribution in [0.3, 0.4) is 0 Å². The summed E-state index contributed by atoms with van der Waals surface area (Å²) in [5.74, 6) is 0.637. The molecule has 4 rings (SSSR count). The Balaban J connectivity index is 1.32. The second-order valence-corrected chi connectivity index (χ2v) is 9.23. The number of esters is 1. The Morgan fingerprint density at radius 1 is 1.26 bits per heavy atom. The summed E-state index contributed by atoms with van der Waals surface area (Å²) < 4.78 is 5.10. The van der Waals surface area contributed by atoms with Gasteiger partial charge in [-0.05, 0) is 56.6 Å². The molecule has 0 radical (unpaired) electrons. The second-order valence-electron chi connectivity index (χ2n) is 9.23. The van der Waals surface area contributed by atoms with E-state index in [2.05, 4.69) is 12.1 Å². The third-order valence-corrected chi connectivity index (χ3v) is 6.64. The van der Waals surface area contributed by atoms with Crippen LogP contribution in [0.4, 0.5) is 0 Å². The van der Waals surface area contributed by atoms with Crippen molar-refractivity contribution in [3.63, 3.8) is 0 Å². The highest BCUT2D eigenvalue weighted by Crippen LogP contribution is 2.52. The zero-order valence-electron chi connectivity index (χ0n) is 16.2. The summed E-state index contributed by atoms with van der Waals surface area (Å²) in [5.41, 5.74) is 1.31. The molecule has 1 spiro atoms. The van der Waals surface area contributed by atoms with Crippen molar-refractivity contribution in [2.45, 2.75) is 57.5 Å². The van der Waals surface area contributed by atoms with E-state index >= 15 is 0 Å². The third kappa shape index (κ3) is 3.62. The smallest absolute Gasteiger partial charge is 0.306 e. The molecule has 2 aliphatic heterocycles. The van der Waals surface area contributed by atoms with E-state index in [4.69, 9.17) is 4.74 Å². The number of piperidine rings is 1. The first kappa shape index (κ1) is 18.5. The number of hydrogen-bond donors (Lipinski definition) is 1. The van der Waals surface area contributed by atoms with E-state index in [-0.39, 0.29) is 23.2 Å². The Morgan fingerprint density at radius 3 is 2.56 bits per heavy atom. The van der Waals surface area contributed by atoms with Crippen molar-refractivity contribution in [2.75, 3.05) is 19.7 Å². The number of hydrogen-bond acceptors (Lipinski definition) is 4. The number of aliphatic hydroxyl groups is 1. The van der Waals surface area contributed by atoms with Crippen LogP contribution in [0.1, 0.15) is 63.0 Å². The minimum Gasteiger partial charge on any atom is -0.465 e. The normalized spacial score (nSPS) is 28.9. The van der Waals surface area contributed by atoms with Gasteiger partial charge in [-0.25, -0.2) is 0 Å². The minimum absolute atomic E-state index is 0.0483. The number of likely N-dealkylation sites (tertiary alicyclic amines) is 1. The molecule has 1 N–H and O–H groups in total. The number of amides is 1. The number of ether oxygens (including phenoxy) is 1. The zero-order valence-corrected chi connectivity index (χ0v) is 16.2. The maximum absolute atomic E-state index is 12.8. The molecule has 0 aromatic heterocycles. The number of rotatable bonds is 3. The number of cyclic esters (lactones) is 1. The van der Waals surface area contributed by atoms with Crippen LogP contribution in [0.5, 0.6) is 0 Å². The SMILES string of the molecule is CC(C)(O)c1cccc(C2CCN(C(=O)C3CC4(COC(=O)C4)C3)CC2)c1. The van der Waals surface area contributed by atoms with Crippen LogP contribution in [-0.4, -0.2) is 41.6 Å². The summed E-state index contributed by atoms with van der Waals surface area (Å²) >= 11 is 0. The van der Waals surface area contributed by atoms with E-state index in [1.165, 1.54) is 5.56 Å². The number of nitrogens with zero attached hydrogens (tertiary/aromatic N) is 1. The fourth-order valence-corrected chi connectivity index (χ4v) is 4.93. The van der Waals surface area contributed by atoms with Crippen molar-refractivity contribution < 1.29 is 19.4 Å². The maximum atomic E-state index is 12.8. The lowest BCUT2D eigenvalue weighted by molar-refractivity contribution is -0.144. The van der Waals surface area contributed by atoms with Gasteiger partial charge in [0.2, 0.25) is 5.91 Å². The number of benzene rings is 1. The highest BCUT2D eigenvalue weighted by molar-refractivity contribution is 5.81. The van der Waals surface area contributed by atoms with Gasteiger partial charge in [0.1, 0.15) is 0 Å². The summed E-state index contributed by atoms with van der Waals surface area (Å²) in [6.45, 7) is 5.68. The predicted molar refractivity (Wildman–Crippen MR) is 101 cm³/mol. The molecule has 1 amide bonds. The molecule has 2 heterocycles. The van der Waals surface area contributed by atoms with E-state index < -0.39 is 5.60 Å². The van der Waals surface area contributed by atoms with Crippen molar-refractivity contribution in [3.8, 4) is 0 Å². The first-order chi connectivity index (χ1) is 12.8. The van der Waals surface area contributed by atoms with Crippen LogP contribution >= 0.6 is 0 Å². The molecule has 3 aliphatic rings. The average molecular weight is 371 g/mol. The molecule has 5 nitrogen and oxygen atoms in total. The molecule has 0 unspecified atom stereocenters. The van der Waals surface area contributed by atoms with Crippen LogP contribution in [0, 0.1) is 11.3 Å². The first-order valence-electron chi connectivity index (χ1n) is 10.0. The van der Waals surface area contributed by atoms with Crippen LogP contribution < -0.4 is 0 Å². The molecule has 146 valence electrons. The van der Waals surface area contributed by atoms with Gasteiger partial charge in [0.25, 0.3) is 0 Å². The van der Waals surface area contributed by atoms with Gasteiger partial charge in [0.15, 0.2) is 0 Å². The topological polar surface area (TPSA) is 66.8 Å². The van der Waals surface area contributed by atoms with Crippen LogP contribution in [0.15, 0.2) is 24.3 Å². The summed E-state index contributed by atoms with van der Waals surface area (Å²) in [6, 6.07) is 8.21. The molecule has 5 heteroatoms. The lowest BCUT2D eigenvalue weighted by atomic mass is 9.61. The van der Waals surface area contributed by atoms with Gasteiger partial charge in [0, 0.05) is 24.4 Å². The summed E-state index contributed by atoms with van der Waals surface area (Å²) in [7, 11) is 0. The van der Waals surface area contributed by atoms with E-state index in [0.29, 0.717) is 18.9 Å². The summed E-state index contributed by atoms with van der Waals surface area (Å²) in [5, 5.41) is 10.2. The van der Waals surface area contributed by atoms with Crippen LogP contribution in [-0.2, 0) is 19.9 Å². The first-order valence-corrected chi connectivity index (χ1v) is 10.0.